The first-order chi connectivity index (χ1) is 8.42. The molecule has 0 aliphatic rings. The van der Waals surface area contributed by atoms with Gasteiger partial charge in [-0.05, 0) is 12.8 Å². The van der Waals surface area contributed by atoms with Gasteiger partial charge in [-0.2, -0.15) is 0 Å². The number of sulfonamides is 1. The molecule has 1 aromatic heterocycles. The van der Waals surface area contributed by atoms with Crippen LogP contribution in [0.15, 0.2) is 0 Å². The zero-order valence-electron chi connectivity index (χ0n) is 10.1. The second-order valence-electron chi connectivity index (χ2n) is 3.83. The molecule has 0 aromatic carbocycles. The van der Waals surface area contributed by atoms with Crippen LogP contribution in [0.4, 0.5) is 0 Å². The van der Waals surface area contributed by atoms with E-state index in [1.54, 1.807) is 0 Å². The summed E-state index contributed by atoms with van der Waals surface area (Å²) in [5, 5.41) is 13.8. The number of primary sulfonamides is 1. The minimum atomic E-state index is -3.48. The number of aromatic amines is 1. The van der Waals surface area contributed by atoms with E-state index in [9.17, 15) is 13.2 Å². The fraction of sp³-hybridized carbons (Fsp3) is 0.667. The number of amides is 1. The summed E-state index contributed by atoms with van der Waals surface area (Å²) >= 11 is 0. The predicted octanol–water partition coefficient (Wildman–Crippen LogP) is -0.834. The van der Waals surface area contributed by atoms with Crippen LogP contribution in [0.25, 0.3) is 0 Å². The van der Waals surface area contributed by atoms with E-state index in [1.807, 2.05) is 6.92 Å². The Bertz CT molecular complexity index is 496. The van der Waals surface area contributed by atoms with E-state index < -0.39 is 15.9 Å². The van der Waals surface area contributed by atoms with Gasteiger partial charge in [-0.1, -0.05) is 6.92 Å². The molecule has 1 aromatic rings. The number of aromatic nitrogens is 3. The number of H-pyrrole nitrogens is 1. The van der Waals surface area contributed by atoms with Crippen molar-refractivity contribution < 1.29 is 13.2 Å². The van der Waals surface area contributed by atoms with Gasteiger partial charge in [-0.3, -0.25) is 9.89 Å². The predicted molar refractivity (Wildman–Crippen MR) is 65.3 cm³/mol. The first-order valence-electron chi connectivity index (χ1n) is 5.62. The van der Waals surface area contributed by atoms with Gasteiger partial charge in [-0.15, -0.1) is 5.10 Å². The third kappa shape index (κ3) is 5.23. The average Bonchev–Trinajstić information content (AvgIpc) is 2.72. The SMILES string of the molecule is CCCc1nc(C(=O)NCCCS(N)(=O)=O)n[nH]1. The molecule has 0 aliphatic carbocycles. The largest absolute Gasteiger partial charge is 0.349 e. The van der Waals surface area contributed by atoms with Gasteiger partial charge >= 0.3 is 0 Å². The Morgan fingerprint density at radius 1 is 1.50 bits per heavy atom. The van der Waals surface area contributed by atoms with Gasteiger partial charge in [0.25, 0.3) is 5.91 Å². The van der Waals surface area contributed by atoms with E-state index in [0.29, 0.717) is 5.82 Å². The number of carbonyl (C=O) groups is 1. The molecule has 102 valence electrons. The second-order valence-corrected chi connectivity index (χ2v) is 5.57. The van der Waals surface area contributed by atoms with Crippen LogP contribution in [0.1, 0.15) is 36.2 Å². The lowest BCUT2D eigenvalue weighted by molar-refractivity contribution is 0.0943. The Kier molecular flexibility index (Phi) is 5.23. The van der Waals surface area contributed by atoms with E-state index in [4.69, 9.17) is 5.14 Å². The maximum absolute atomic E-state index is 11.5. The molecule has 0 saturated heterocycles. The van der Waals surface area contributed by atoms with Gasteiger partial charge < -0.3 is 5.32 Å². The Hall–Kier alpha value is -1.48. The third-order valence-corrected chi connectivity index (χ3v) is 2.97. The van der Waals surface area contributed by atoms with Crippen LogP contribution in [-0.2, 0) is 16.4 Å². The molecule has 0 radical (unpaired) electrons. The van der Waals surface area contributed by atoms with Crippen molar-refractivity contribution >= 4 is 15.9 Å². The number of hydrogen-bond acceptors (Lipinski definition) is 5. The summed E-state index contributed by atoms with van der Waals surface area (Å²) < 4.78 is 21.3. The van der Waals surface area contributed by atoms with Crippen molar-refractivity contribution in [1.29, 1.82) is 0 Å². The zero-order chi connectivity index (χ0) is 13.6. The normalized spacial score (nSPS) is 11.4. The van der Waals surface area contributed by atoms with Gasteiger partial charge in [0.15, 0.2) is 0 Å². The molecule has 1 rings (SSSR count). The zero-order valence-corrected chi connectivity index (χ0v) is 11.0. The van der Waals surface area contributed by atoms with E-state index in [1.165, 1.54) is 0 Å². The topological polar surface area (TPSA) is 131 Å². The van der Waals surface area contributed by atoms with Crippen molar-refractivity contribution in [3.05, 3.63) is 11.6 Å². The number of nitrogens with zero attached hydrogens (tertiary/aromatic N) is 2. The Labute approximate surface area is 105 Å². The fourth-order valence-electron chi connectivity index (χ4n) is 1.30. The van der Waals surface area contributed by atoms with Crippen LogP contribution in [0.3, 0.4) is 0 Å². The number of aryl methyl sites for hydroxylation is 1. The standard InChI is InChI=1S/C9H17N5O3S/c1-2-4-7-12-8(14-13-7)9(15)11-5-3-6-18(10,16)17/h2-6H2,1H3,(H,11,15)(H2,10,16,17)(H,12,13,14). The van der Waals surface area contributed by atoms with Crippen molar-refractivity contribution in [3.63, 3.8) is 0 Å². The lowest BCUT2D eigenvalue weighted by Crippen LogP contribution is -2.28. The van der Waals surface area contributed by atoms with Crippen molar-refractivity contribution in [2.24, 2.45) is 5.14 Å². The van der Waals surface area contributed by atoms with Crippen LogP contribution in [0, 0.1) is 0 Å². The van der Waals surface area contributed by atoms with Gasteiger partial charge in [0.1, 0.15) is 5.82 Å². The Morgan fingerprint density at radius 2 is 2.22 bits per heavy atom. The van der Waals surface area contributed by atoms with E-state index in [0.717, 1.165) is 12.8 Å². The van der Waals surface area contributed by atoms with Crippen LogP contribution in [-0.4, -0.2) is 41.8 Å². The smallest absolute Gasteiger partial charge is 0.290 e. The molecule has 0 saturated carbocycles. The summed E-state index contributed by atoms with van der Waals surface area (Å²) in [6.07, 6.45) is 1.90. The highest BCUT2D eigenvalue weighted by atomic mass is 32.2. The highest BCUT2D eigenvalue weighted by molar-refractivity contribution is 7.89. The first-order valence-corrected chi connectivity index (χ1v) is 7.34. The molecule has 0 unspecified atom stereocenters. The summed E-state index contributed by atoms with van der Waals surface area (Å²) in [7, 11) is -3.48. The number of rotatable bonds is 7. The monoisotopic (exact) mass is 275 g/mol. The van der Waals surface area contributed by atoms with Gasteiger partial charge in [0, 0.05) is 13.0 Å². The Balaban J connectivity index is 2.36. The summed E-state index contributed by atoms with van der Waals surface area (Å²) in [4.78, 5) is 15.6. The maximum atomic E-state index is 11.5. The fourth-order valence-corrected chi connectivity index (χ4v) is 1.85. The average molecular weight is 275 g/mol. The van der Waals surface area contributed by atoms with Crippen molar-refractivity contribution in [1.82, 2.24) is 20.5 Å². The molecule has 0 aliphatic heterocycles. The van der Waals surface area contributed by atoms with Crippen LogP contribution < -0.4 is 10.5 Å². The molecule has 0 bridgehead atoms. The van der Waals surface area contributed by atoms with Crippen molar-refractivity contribution in [2.75, 3.05) is 12.3 Å². The molecule has 0 atom stereocenters. The van der Waals surface area contributed by atoms with E-state index in [2.05, 4.69) is 20.5 Å². The quantitative estimate of drug-likeness (QED) is 0.559. The first kappa shape index (κ1) is 14.6. The van der Waals surface area contributed by atoms with Gasteiger partial charge in [0.05, 0.1) is 5.75 Å². The minimum Gasteiger partial charge on any atom is -0.349 e. The molecule has 0 spiro atoms. The van der Waals surface area contributed by atoms with Crippen LogP contribution in [0.5, 0.6) is 0 Å². The maximum Gasteiger partial charge on any atom is 0.290 e. The molecular formula is C9H17N5O3S. The minimum absolute atomic E-state index is 0.0639. The Morgan fingerprint density at radius 3 is 2.83 bits per heavy atom. The third-order valence-electron chi connectivity index (χ3n) is 2.11. The highest BCUT2D eigenvalue weighted by Gasteiger charge is 2.11. The summed E-state index contributed by atoms with van der Waals surface area (Å²) in [6.45, 7) is 2.21. The highest BCUT2D eigenvalue weighted by Crippen LogP contribution is 1.96. The number of hydrogen-bond donors (Lipinski definition) is 3. The van der Waals surface area contributed by atoms with Crippen molar-refractivity contribution in [3.8, 4) is 0 Å². The molecular weight excluding hydrogens is 258 g/mol. The molecule has 1 heterocycles. The van der Waals surface area contributed by atoms with Crippen LogP contribution in [0.2, 0.25) is 0 Å². The summed E-state index contributed by atoms with van der Waals surface area (Å²) in [5.41, 5.74) is 0. The molecule has 8 nitrogen and oxygen atoms in total. The molecule has 18 heavy (non-hydrogen) atoms. The molecule has 1 amide bonds. The molecule has 0 fully saturated rings. The van der Waals surface area contributed by atoms with Crippen molar-refractivity contribution in [2.45, 2.75) is 26.2 Å². The molecule has 9 heteroatoms. The number of nitrogens with two attached hydrogens (primary N) is 1. The number of nitrogens with one attached hydrogen (secondary N) is 2. The van der Waals surface area contributed by atoms with Gasteiger partial charge in [-0.25, -0.2) is 18.5 Å². The van der Waals surface area contributed by atoms with E-state index in [-0.39, 0.29) is 24.5 Å². The lowest BCUT2D eigenvalue weighted by atomic mass is 10.3. The number of carbonyl (C=O) groups excluding carboxylic acids is 1. The lowest BCUT2D eigenvalue weighted by Gasteiger charge is -2.01. The summed E-state index contributed by atoms with van der Waals surface area (Å²) in [5.74, 6) is 0.131. The second kappa shape index (κ2) is 6.45. The van der Waals surface area contributed by atoms with E-state index >= 15 is 0 Å². The van der Waals surface area contributed by atoms with Crippen LogP contribution >= 0.6 is 0 Å². The molecule has 4 N–H and O–H groups in total. The summed E-state index contributed by atoms with van der Waals surface area (Å²) in [6, 6.07) is 0. The van der Waals surface area contributed by atoms with Gasteiger partial charge in [0.2, 0.25) is 15.8 Å².